The van der Waals surface area contributed by atoms with E-state index >= 15 is 0 Å². The molecule has 0 bridgehead atoms. The highest BCUT2D eigenvalue weighted by atomic mass is 16.5. The molecule has 3 nitrogen and oxygen atoms in total. The van der Waals surface area contributed by atoms with Gasteiger partial charge in [-0.15, -0.1) is 0 Å². The lowest BCUT2D eigenvalue weighted by Crippen LogP contribution is -2.18. The Morgan fingerprint density at radius 2 is 2.40 bits per heavy atom. The molecule has 2 rings (SSSR count). The van der Waals surface area contributed by atoms with Crippen LogP contribution in [0.3, 0.4) is 0 Å². The number of nitrogens with one attached hydrogen (secondary N) is 1. The average Bonchev–Trinajstić information content (AvgIpc) is 2.71. The Balaban J connectivity index is 1.94. The third kappa shape index (κ3) is 2.76. The topological polar surface area (TPSA) is 34.1 Å². The second kappa shape index (κ2) is 4.73. The molecule has 2 atom stereocenters. The second-order valence-corrected chi connectivity index (χ2v) is 4.13. The first kappa shape index (κ1) is 10.6. The highest BCUT2D eigenvalue weighted by Crippen LogP contribution is 2.19. The molecule has 15 heavy (non-hydrogen) atoms. The fourth-order valence-electron chi connectivity index (χ4n) is 1.83. The van der Waals surface area contributed by atoms with Gasteiger partial charge in [-0.25, -0.2) is 0 Å². The van der Waals surface area contributed by atoms with Crippen molar-refractivity contribution in [1.82, 2.24) is 10.3 Å². The molecule has 1 fully saturated rings. The molecular weight excluding hydrogens is 188 g/mol. The van der Waals surface area contributed by atoms with Gasteiger partial charge < -0.3 is 10.1 Å². The third-order valence-electron chi connectivity index (χ3n) is 2.82. The normalized spacial score (nSPS) is 22.9. The molecule has 82 valence electrons. The number of ether oxygens (including phenoxy) is 1. The second-order valence-electron chi connectivity index (χ2n) is 4.13. The highest BCUT2D eigenvalue weighted by molar-refractivity contribution is 5.15. The van der Waals surface area contributed by atoms with E-state index in [0.29, 0.717) is 6.10 Å². The number of nitrogens with zero attached hydrogens (tertiary/aromatic N) is 1. The van der Waals surface area contributed by atoms with Crippen molar-refractivity contribution in [3.63, 3.8) is 0 Å². The van der Waals surface area contributed by atoms with Gasteiger partial charge in [-0.1, -0.05) is 6.07 Å². The quantitative estimate of drug-likeness (QED) is 0.819. The first-order chi connectivity index (χ1) is 7.25. The minimum Gasteiger partial charge on any atom is -0.369 e. The van der Waals surface area contributed by atoms with Gasteiger partial charge in [-0.2, -0.15) is 0 Å². The van der Waals surface area contributed by atoms with E-state index < -0.39 is 0 Å². The molecule has 0 aliphatic carbocycles. The van der Waals surface area contributed by atoms with Gasteiger partial charge in [-0.3, -0.25) is 4.98 Å². The van der Waals surface area contributed by atoms with Gasteiger partial charge in [0, 0.05) is 18.4 Å². The minimum atomic E-state index is 0.142. The van der Waals surface area contributed by atoms with E-state index in [1.54, 1.807) is 0 Å². The Hall–Kier alpha value is -0.930. The first-order valence-corrected chi connectivity index (χ1v) is 5.54. The van der Waals surface area contributed by atoms with Gasteiger partial charge in [0.25, 0.3) is 0 Å². The van der Waals surface area contributed by atoms with Gasteiger partial charge >= 0.3 is 0 Å². The van der Waals surface area contributed by atoms with Crippen molar-refractivity contribution in [1.29, 1.82) is 0 Å². The molecule has 0 radical (unpaired) electrons. The van der Waals surface area contributed by atoms with E-state index in [1.165, 1.54) is 0 Å². The first-order valence-electron chi connectivity index (χ1n) is 5.54. The fraction of sp³-hybridized carbons (Fsp3) is 0.583. The Morgan fingerprint density at radius 3 is 3.00 bits per heavy atom. The van der Waals surface area contributed by atoms with Crippen molar-refractivity contribution < 1.29 is 4.74 Å². The summed E-state index contributed by atoms with van der Waals surface area (Å²) in [5, 5.41) is 3.30. The van der Waals surface area contributed by atoms with Crippen molar-refractivity contribution in [3.05, 3.63) is 29.6 Å². The summed E-state index contributed by atoms with van der Waals surface area (Å²) in [4.78, 5) is 4.28. The molecule has 0 spiro atoms. The number of rotatable bonds is 3. The lowest BCUT2D eigenvalue weighted by molar-refractivity contribution is 0.00811. The molecule has 1 aromatic heterocycles. The van der Waals surface area contributed by atoms with Crippen LogP contribution in [0.1, 0.15) is 30.7 Å². The van der Waals surface area contributed by atoms with Crippen LogP contribution in [0.4, 0.5) is 0 Å². The van der Waals surface area contributed by atoms with E-state index in [9.17, 15) is 0 Å². The van der Waals surface area contributed by atoms with Crippen LogP contribution in [0.15, 0.2) is 18.3 Å². The molecule has 0 amide bonds. The summed E-state index contributed by atoms with van der Waals surface area (Å²) in [7, 11) is 0. The summed E-state index contributed by atoms with van der Waals surface area (Å²) >= 11 is 0. The van der Waals surface area contributed by atoms with Gasteiger partial charge in [-0.05, 0) is 38.4 Å². The number of aryl methyl sites for hydroxylation is 1. The van der Waals surface area contributed by atoms with E-state index in [2.05, 4.69) is 23.3 Å². The van der Waals surface area contributed by atoms with Crippen LogP contribution >= 0.6 is 0 Å². The number of aromatic nitrogens is 1. The molecule has 1 aromatic rings. The summed E-state index contributed by atoms with van der Waals surface area (Å²) in [5.74, 6) is 0. The van der Waals surface area contributed by atoms with Crippen molar-refractivity contribution in [2.24, 2.45) is 0 Å². The van der Waals surface area contributed by atoms with Crippen LogP contribution in [0.5, 0.6) is 0 Å². The molecule has 0 aromatic carbocycles. The molecule has 1 aliphatic heterocycles. The summed E-state index contributed by atoms with van der Waals surface area (Å²) in [6.07, 6.45) is 3.52. The predicted octanol–water partition coefficient (Wildman–Crippen LogP) is 1.83. The monoisotopic (exact) mass is 206 g/mol. The molecule has 1 N–H and O–H groups in total. The molecular formula is C12H18N2O. The van der Waals surface area contributed by atoms with E-state index in [1.807, 2.05) is 19.2 Å². The maximum Gasteiger partial charge on any atom is 0.0816 e. The smallest absolute Gasteiger partial charge is 0.0816 e. The summed E-state index contributed by atoms with van der Waals surface area (Å²) in [5.41, 5.74) is 2.21. The van der Waals surface area contributed by atoms with Crippen molar-refractivity contribution in [2.75, 3.05) is 13.1 Å². The average molecular weight is 206 g/mol. The molecule has 0 saturated carbocycles. The number of pyridine rings is 1. The van der Waals surface area contributed by atoms with Gasteiger partial charge in [0.15, 0.2) is 0 Å². The van der Waals surface area contributed by atoms with Crippen LogP contribution in [0, 0.1) is 6.92 Å². The van der Waals surface area contributed by atoms with Crippen molar-refractivity contribution in [2.45, 2.75) is 32.5 Å². The van der Waals surface area contributed by atoms with Crippen LogP contribution in [-0.4, -0.2) is 24.2 Å². The zero-order valence-electron chi connectivity index (χ0n) is 9.36. The predicted molar refractivity (Wildman–Crippen MR) is 59.7 cm³/mol. The van der Waals surface area contributed by atoms with E-state index in [-0.39, 0.29) is 6.10 Å². The standard InChI is InChI=1S/C12H18N2O/c1-9-3-4-11(7-14-9)10(2)15-12-5-6-13-8-12/h3-4,7,10,12-13H,5-6,8H2,1-2H3/t10-,12+/m1/s1. The molecule has 3 heteroatoms. The van der Waals surface area contributed by atoms with Crippen LogP contribution in [0.25, 0.3) is 0 Å². The maximum absolute atomic E-state index is 5.93. The van der Waals surface area contributed by atoms with E-state index in [4.69, 9.17) is 4.74 Å². The van der Waals surface area contributed by atoms with Crippen LogP contribution < -0.4 is 5.32 Å². The van der Waals surface area contributed by atoms with Gasteiger partial charge in [0.1, 0.15) is 0 Å². The Labute approximate surface area is 90.9 Å². The fourth-order valence-corrected chi connectivity index (χ4v) is 1.83. The maximum atomic E-state index is 5.93. The van der Waals surface area contributed by atoms with E-state index in [0.717, 1.165) is 30.8 Å². The Bertz CT molecular complexity index is 304. The zero-order valence-corrected chi connectivity index (χ0v) is 9.36. The van der Waals surface area contributed by atoms with Crippen LogP contribution in [0.2, 0.25) is 0 Å². The Morgan fingerprint density at radius 1 is 1.53 bits per heavy atom. The lowest BCUT2D eigenvalue weighted by atomic mass is 10.1. The highest BCUT2D eigenvalue weighted by Gasteiger charge is 2.18. The summed E-state index contributed by atoms with van der Waals surface area (Å²) in [6, 6.07) is 4.12. The van der Waals surface area contributed by atoms with Crippen molar-refractivity contribution >= 4 is 0 Å². The number of hydrogen-bond acceptors (Lipinski definition) is 3. The molecule has 1 saturated heterocycles. The SMILES string of the molecule is Cc1ccc([C@@H](C)O[C@H]2CCNC2)cn1. The molecule has 1 aliphatic rings. The van der Waals surface area contributed by atoms with Crippen molar-refractivity contribution in [3.8, 4) is 0 Å². The van der Waals surface area contributed by atoms with Crippen LogP contribution in [-0.2, 0) is 4.74 Å². The Kier molecular flexibility index (Phi) is 3.34. The number of hydrogen-bond donors (Lipinski definition) is 1. The largest absolute Gasteiger partial charge is 0.369 e. The van der Waals surface area contributed by atoms with Gasteiger partial charge in [0.2, 0.25) is 0 Å². The summed E-state index contributed by atoms with van der Waals surface area (Å²) in [6.45, 7) is 6.13. The molecule has 2 heterocycles. The summed E-state index contributed by atoms with van der Waals surface area (Å²) < 4.78 is 5.93. The van der Waals surface area contributed by atoms with Gasteiger partial charge in [0.05, 0.1) is 12.2 Å². The third-order valence-corrected chi connectivity index (χ3v) is 2.82. The zero-order chi connectivity index (χ0) is 10.7. The minimum absolute atomic E-state index is 0.142. The lowest BCUT2D eigenvalue weighted by Gasteiger charge is -2.17. The molecule has 0 unspecified atom stereocenters.